The van der Waals surface area contributed by atoms with Crippen molar-refractivity contribution in [1.29, 1.82) is 0 Å². The highest BCUT2D eigenvalue weighted by Gasteiger charge is 2.32. The number of anilines is 2. The Labute approximate surface area is 148 Å². The zero-order valence-electron chi connectivity index (χ0n) is 14.2. The fraction of sp³-hybridized carbons (Fsp3) is 0.143. The number of benzene rings is 3. The lowest BCUT2D eigenvalue weighted by Gasteiger charge is -2.34. The zero-order chi connectivity index (χ0) is 17.1. The highest BCUT2D eigenvalue weighted by Crippen LogP contribution is 2.34. The summed E-state index contributed by atoms with van der Waals surface area (Å²) in [6, 6.07) is 29.1. The van der Waals surface area contributed by atoms with E-state index in [0.717, 1.165) is 23.8 Å². The first-order valence-electron chi connectivity index (χ1n) is 8.41. The highest BCUT2D eigenvalue weighted by atomic mass is 16.5. The van der Waals surface area contributed by atoms with Crippen LogP contribution in [-0.2, 0) is 0 Å². The van der Waals surface area contributed by atoms with Crippen LogP contribution in [0.2, 0.25) is 0 Å². The highest BCUT2D eigenvalue weighted by molar-refractivity contribution is 5.60. The quantitative estimate of drug-likeness (QED) is 0.776. The smallest absolute Gasteiger partial charge is 0.127 e. The van der Waals surface area contributed by atoms with Gasteiger partial charge in [-0.15, -0.1) is 0 Å². The molecule has 1 fully saturated rings. The van der Waals surface area contributed by atoms with Crippen molar-refractivity contribution in [2.75, 3.05) is 23.8 Å². The lowest BCUT2D eigenvalue weighted by Crippen LogP contribution is -2.38. The summed E-state index contributed by atoms with van der Waals surface area (Å²) in [7, 11) is 1.69. The summed E-state index contributed by atoms with van der Waals surface area (Å²) in [6.45, 7) is 0.746. The third kappa shape index (κ3) is 3.04. The number of para-hydroxylation sites is 2. The van der Waals surface area contributed by atoms with Crippen LogP contribution >= 0.6 is 0 Å². The minimum Gasteiger partial charge on any atom is -0.497 e. The third-order valence-corrected chi connectivity index (χ3v) is 4.45. The number of hydrogen-bond donors (Lipinski definition) is 1. The van der Waals surface area contributed by atoms with E-state index in [1.165, 1.54) is 5.56 Å². The molecular formula is C21H21N3O. The van der Waals surface area contributed by atoms with Gasteiger partial charge < -0.3 is 4.74 Å². The van der Waals surface area contributed by atoms with Gasteiger partial charge in [0.05, 0.1) is 25.2 Å². The zero-order valence-corrected chi connectivity index (χ0v) is 14.2. The second-order valence-electron chi connectivity index (χ2n) is 5.95. The summed E-state index contributed by atoms with van der Waals surface area (Å²) in [5.41, 5.74) is 3.51. The Balaban J connectivity index is 1.73. The van der Waals surface area contributed by atoms with Crippen LogP contribution in [-0.4, -0.2) is 13.8 Å². The van der Waals surface area contributed by atoms with E-state index < -0.39 is 0 Å². The first-order chi connectivity index (χ1) is 12.4. The van der Waals surface area contributed by atoms with E-state index in [1.54, 1.807) is 7.11 Å². The van der Waals surface area contributed by atoms with Gasteiger partial charge in [-0.1, -0.05) is 48.5 Å². The Bertz CT molecular complexity index is 806. The molecule has 0 aromatic heterocycles. The van der Waals surface area contributed by atoms with Crippen molar-refractivity contribution in [1.82, 2.24) is 5.32 Å². The van der Waals surface area contributed by atoms with Crippen molar-refractivity contribution < 1.29 is 4.74 Å². The molecule has 3 aromatic carbocycles. The number of nitrogens with zero attached hydrogens (tertiary/aromatic N) is 2. The van der Waals surface area contributed by atoms with Crippen molar-refractivity contribution >= 4 is 11.4 Å². The van der Waals surface area contributed by atoms with Crippen molar-refractivity contribution in [2.24, 2.45) is 0 Å². The predicted molar refractivity (Wildman–Crippen MR) is 102 cm³/mol. The molecule has 1 heterocycles. The fourth-order valence-electron chi connectivity index (χ4n) is 3.21. The number of hydrogen-bond acceptors (Lipinski definition) is 4. The van der Waals surface area contributed by atoms with Gasteiger partial charge in [0.2, 0.25) is 0 Å². The molecule has 1 aliphatic heterocycles. The molecule has 3 aromatic rings. The molecule has 0 bridgehead atoms. The second kappa shape index (κ2) is 6.87. The molecular weight excluding hydrogens is 310 g/mol. The standard InChI is InChI=1S/C21H21N3O/c1-25-20-14-12-17(13-15-20)21-22-16-23(18-8-4-2-5-9-18)24(21)19-10-6-3-7-11-19/h2-15,21-22H,16H2,1H3. The van der Waals surface area contributed by atoms with Crippen LogP contribution in [0.5, 0.6) is 5.75 Å². The molecule has 1 unspecified atom stereocenters. The fourth-order valence-corrected chi connectivity index (χ4v) is 3.21. The second-order valence-corrected chi connectivity index (χ2v) is 5.95. The Kier molecular flexibility index (Phi) is 4.27. The molecule has 1 atom stereocenters. The molecule has 0 amide bonds. The molecule has 0 spiro atoms. The van der Waals surface area contributed by atoms with Crippen LogP contribution in [0.3, 0.4) is 0 Å². The molecule has 25 heavy (non-hydrogen) atoms. The van der Waals surface area contributed by atoms with Gasteiger partial charge in [-0.25, -0.2) is 0 Å². The molecule has 1 aliphatic rings. The lowest BCUT2D eigenvalue weighted by atomic mass is 10.1. The van der Waals surface area contributed by atoms with Crippen molar-refractivity contribution in [3.8, 4) is 5.75 Å². The number of rotatable bonds is 4. The topological polar surface area (TPSA) is 27.7 Å². The van der Waals surface area contributed by atoms with Crippen LogP contribution in [0.4, 0.5) is 11.4 Å². The van der Waals surface area contributed by atoms with Crippen LogP contribution in [0.15, 0.2) is 84.9 Å². The number of ether oxygens (including phenoxy) is 1. The van der Waals surface area contributed by atoms with E-state index in [4.69, 9.17) is 4.74 Å². The molecule has 0 aliphatic carbocycles. The number of hydrazine groups is 1. The maximum Gasteiger partial charge on any atom is 0.127 e. The first kappa shape index (κ1) is 15.5. The largest absolute Gasteiger partial charge is 0.497 e. The maximum atomic E-state index is 5.29. The molecule has 126 valence electrons. The van der Waals surface area contributed by atoms with Crippen molar-refractivity contribution in [2.45, 2.75) is 6.17 Å². The van der Waals surface area contributed by atoms with Crippen LogP contribution in [0.1, 0.15) is 11.7 Å². The molecule has 1 saturated heterocycles. The van der Waals surface area contributed by atoms with Gasteiger partial charge >= 0.3 is 0 Å². The van der Waals surface area contributed by atoms with Crippen LogP contribution in [0.25, 0.3) is 0 Å². The Morgan fingerprint density at radius 3 is 2.00 bits per heavy atom. The molecule has 4 nitrogen and oxygen atoms in total. The molecule has 1 N–H and O–H groups in total. The van der Waals surface area contributed by atoms with Gasteiger partial charge in [0.25, 0.3) is 0 Å². The SMILES string of the molecule is COc1ccc(C2NCN(c3ccccc3)N2c2ccccc2)cc1. The third-order valence-electron chi connectivity index (χ3n) is 4.45. The van der Waals surface area contributed by atoms with Crippen LogP contribution in [0, 0.1) is 0 Å². The Morgan fingerprint density at radius 2 is 1.40 bits per heavy atom. The van der Waals surface area contributed by atoms with Gasteiger partial charge in [-0.2, -0.15) is 0 Å². The summed E-state index contributed by atoms with van der Waals surface area (Å²) in [6.07, 6.45) is 0.0634. The Morgan fingerprint density at radius 1 is 0.800 bits per heavy atom. The van der Waals surface area contributed by atoms with Gasteiger partial charge in [0.1, 0.15) is 11.9 Å². The Hall–Kier alpha value is -2.98. The first-order valence-corrected chi connectivity index (χ1v) is 8.41. The van der Waals surface area contributed by atoms with Crippen LogP contribution < -0.4 is 20.1 Å². The molecule has 0 saturated carbocycles. The average molecular weight is 331 g/mol. The summed E-state index contributed by atoms with van der Waals surface area (Å²) in [4.78, 5) is 0. The summed E-state index contributed by atoms with van der Waals surface area (Å²) >= 11 is 0. The van der Waals surface area contributed by atoms with E-state index in [0.29, 0.717) is 0 Å². The van der Waals surface area contributed by atoms with E-state index in [2.05, 4.69) is 76.0 Å². The van der Waals surface area contributed by atoms with E-state index >= 15 is 0 Å². The van der Waals surface area contributed by atoms with Crippen molar-refractivity contribution in [3.63, 3.8) is 0 Å². The monoisotopic (exact) mass is 331 g/mol. The minimum absolute atomic E-state index is 0.0634. The van der Waals surface area contributed by atoms with E-state index in [9.17, 15) is 0 Å². The lowest BCUT2D eigenvalue weighted by molar-refractivity contribution is 0.414. The van der Waals surface area contributed by atoms with Gasteiger partial charge in [0, 0.05) is 0 Å². The van der Waals surface area contributed by atoms with Crippen molar-refractivity contribution in [3.05, 3.63) is 90.5 Å². The van der Waals surface area contributed by atoms with Gasteiger partial charge in [-0.05, 0) is 42.0 Å². The normalized spacial score (nSPS) is 16.9. The molecule has 4 heteroatoms. The average Bonchev–Trinajstić information content (AvgIpc) is 3.14. The summed E-state index contributed by atoms with van der Waals surface area (Å²) < 4.78 is 5.29. The predicted octanol–water partition coefficient (Wildman–Crippen LogP) is 4.18. The summed E-state index contributed by atoms with van der Waals surface area (Å²) in [5.74, 6) is 0.868. The number of nitrogens with one attached hydrogen (secondary N) is 1. The number of methoxy groups -OCH3 is 1. The molecule has 4 rings (SSSR count). The van der Waals surface area contributed by atoms with E-state index in [-0.39, 0.29) is 6.17 Å². The van der Waals surface area contributed by atoms with Gasteiger partial charge in [-0.3, -0.25) is 15.3 Å². The van der Waals surface area contributed by atoms with Gasteiger partial charge in [0.15, 0.2) is 0 Å². The summed E-state index contributed by atoms with van der Waals surface area (Å²) in [5, 5.41) is 8.19. The molecule has 0 radical (unpaired) electrons. The van der Waals surface area contributed by atoms with E-state index in [1.807, 2.05) is 24.3 Å². The minimum atomic E-state index is 0.0634. The maximum absolute atomic E-state index is 5.29.